The summed E-state index contributed by atoms with van der Waals surface area (Å²) >= 11 is 14.0. The van der Waals surface area contributed by atoms with Gasteiger partial charge in [0.05, 0.1) is 10.0 Å². The summed E-state index contributed by atoms with van der Waals surface area (Å²) in [7, 11) is 0. The summed E-state index contributed by atoms with van der Waals surface area (Å²) in [5, 5.41) is 4.63. The van der Waals surface area contributed by atoms with E-state index in [-0.39, 0.29) is 0 Å². The smallest absolute Gasteiger partial charge is 0.0678 e. The van der Waals surface area contributed by atoms with E-state index in [0.717, 1.165) is 30.0 Å². The van der Waals surface area contributed by atoms with E-state index in [9.17, 15) is 0 Å². The van der Waals surface area contributed by atoms with Crippen molar-refractivity contribution in [2.24, 2.45) is 0 Å². The fourth-order valence-electron chi connectivity index (χ4n) is 1.70. The van der Waals surface area contributed by atoms with Gasteiger partial charge < -0.3 is 5.32 Å². The first-order chi connectivity index (χ1) is 8.72. The maximum atomic E-state index is 6.22. The van der Waals surface area contributed by atoms with Crippen molar-refractivity contribution in [3.63, 3.8) is 0 Å². The molecule has 0 aliphatic carbocycles. The molecule has 1 nitrogen and oxygen atoms in total. The van der Waals surface area contributed by atoms with Gasteiger partial charge in [-0.3, -0.25) is 0 Å². The van der Waals surface area contributed by atoms with Crippen LogP contribution in [-0.2, 0) is 6.54 Å². The molecule has 0 radical (unpaired) electrons. The number of thiophene rings is 1. The highest BCUT2D eigenvalue weighted by Crippen LogP contribution is 2.36. The van der Waals surface area contributed by atoms with Crippen molar-refractivity contribution < 1.29 is 0 Å². The summed E-state index contributed by atoms with van der Waals surface area (Å²) < 4.78 is 0. The third-order valence-electron chi connectivity index (χ3n) is 2.60. The van der Waals surface area contributed by atoms with Crippen molar-refractivity contribution in [2.75, 3.05) is 6.54 Å². The molecule has 1 aromatic carbocycles. The van der Waals surface area contributed by atoms with Crippen LogP contribution < -0.4 is 5.32 Å². The molecule has 1 N–H and O–H groups in total. The molecule has 2 aromatic rings. The number of hydrogen-bond donors (Lipinski definition) is 1. The number of halogens is 2. The Morgan fingerprint density at radius 3 is 2.78 bits per heavy atom. The molecule has 1 aromatic heterocycles. The molecule has 4 heteroatoms. The molecule has 0 aliphatic heterocycles. The Kier molecular flexibility index (Phi) is 5.07. The van der Waals surface area contributed by atoms with Gasteiger partial charge in [0.2, 0.25) is 0 Å². The molecule has 1 heterocycles. The van der Waals surface area contributed by atoms with Gasteiger partial charge in [0.1, 0.15) is 0 Å². The molecular formula is C14H15Cl2NS. The Balaban J connectivity index is 2.16. The highest BCUT2D eigenvalue weighted by molar-refractivity contribution is 7.15. The van der Waals surface area contributed by atoms with E-state index in [1.54, 1.807) is 11.3 Å². The van der Waals surface area contributed by atoms with Gasteiger partial charge in [-0.15, -0.1) is 11.3 Å². The topological polar surface area (TPSA) is 12.0 Å². The van der Waals surface area contributed by atoms with Gasteiger partial charge in [-0.05, 0) is 31.2 Å². The van der Waals surface area contributed by atoms with Crippen LogP contribution in [0.15, 0.2) is 30.3 Å². The van der Waals surface area contributed by atoms with E-state index >= 15 is 0 Å². The Bertz CT molecular complexity index is 522. The fourth-order valence-corrected chi connectivity index (χ4v) is 3.17. The Morgan fingerprint density at radius 2 is 2.00 bits per heavy atom. The molecule has 0 amide bonds. The molecule has 0 spiro atoms. The molecule has 0 atom stereocenters. The first-order valence-electron chi connectivity index (χ1n) is 5.96. The van der Waals surface area contributed by atoms with Crippen molar-refractivity contribution >= 4 is 34.5 Å². The molecule has 2 rings (SSSR count). The Morgan fingerprint density at radius 1 is 1.17 bits per heavy atom. The minimum Gasteiger partial charge on any atom is -0.312 e. The largest absolute Gasteiger partial charge is 0.312 e. The van der Waals surface area contributed by atoms with Crippen molar-refractivity contribution in [1.82, 2.24) is 5.32 Å². The average Bonchev–Trinajstić information content (AvgIpc) is 2.82. The normalized spacial score (nSPS) is 10.8. The van der Waals surface area contributed by atoms with E-state index in [1.165, 1.54) is 4.88 Å². The molecule has 96 valence electrons. The molecule has 0 fully saturated rings. The van der Waals surface area contributed by atoms with Crippen molar-refractivity contribution in [1.29, 1.82) is 0 Å². The number of rotatable bonds is 5. The zero-order valence-electron chi connectivity index (χ0n) is 10.2. The summed E-state index contributed by atoms with van der Waals surface area (Å²) in [6, 6.07) is 9.98. The molecule has 0 saturated carbocycles. The monoisotopic (exact) mass is 299 g/mol. The number of benzene rings is 1. The van der Waals surface area contributed by atoms with Crippen LogP contribution in [0.1, 0.15) is 18.2 Å². The summed E-state index contributed by atoms with van der Waals surface area (Å²) in [5.41, 5.74) is 1.01. The molecule has 0 aliphatic rings. The maximum Gasteiger partial charge on any atom is 0.0678 e. The molecule has 0 unspecified atom stereocenters. The highest BCUT2D eigenvalue weighted by atomic mass is 35.5. The third kappa shape index (κ3) is 3.27. The van der Waals surface area contributed by atoms with Crippen LogP contribution in [0.25, 0.3) is 10.4 Å². The average molecular weight is 300 g/mol. The van der Waals surface area contributed by atoms with Crippen LogP contribution in [0.5, 0.6) is 0 Å². The minimum atomic E-state index is 0.605. The van der Waals surface area contributed by atoms with Gasteiger partial charge in [0.15, 0.2) is 0 Å². The van der Waals surface area contributed by atoms with E-state index in [0.29, 0.717) is 10.0 Å². The zero-order chi connectivity index (χ0) is 13.0. The van der Waals surface area contributed by atoms with Crippen LogP contribution in [0.4, 0.5) is 0 Å². The second kappa shape index (κ2) is 6.58. The lowest BCUT2D eigenvalue weighted by Crippen LogP contribution is -2.12. The predicted molar refractivity (Wildman–Crippen MR) is 81.8 cm³/mol. The van der Waals surface area contributed by atoms with Crippen molar-refractivity contribution in [2.45, 2.75) is 19.9 Å². The van der Waals surface area contributed by atoms with Crippen LogP contribution in [0.2, 0.25) is 10.0 Å². The lowest BCUT2D eigenvalue weighted by Gasteiger charge is -2.03. The highest BCUT2D eigenvalue weighted by Gasteiger charge is 2.09. The van der Waals surface area contributed by atoms with E-state index in [4.69, 9.17) is 23.2 Å². The van der Waals surface area contributed by atoms with E-state index in [1.807, 2.05) is 18.2 Å². The van der Waals surface area contributed by atoms with Gasteiger partial charge >= 0.3 is 0 Å². The lowest BCUT2D eigenvalue weighted by atomic mass is 10.2. The van der Waals surface area contributed by atoms with Gasteiger partial charge in [-0.2, -0.15) is 0 Å². The molecular weight excluding hydrogens is 285 g/mol. The second-order valence-electron chi connectivity index (χ2n) is 4.04. The zero-order valence-corrected chi connectivity index (χ0v) is 12.5. The molecule has 18 heavy (non-hydrogen) atoms. The first kappa shape index (κ1) is 13.9. The summed E-state index contributed by atoms with van der Waals surface area (Å²) in [6.45, 7) is 4.13. The standard InChI is InChI=1S/C14H15Cl2NS/c1-2-8-17-9-10-6-7-13(18-10)11-4-3-5-12(15)14(11)16/h3-7,17H,2,8-9H2,1H3. The van der Waals surface area contributed by atoms with Crippen LogP contribution >= 0.6 is 34.5 Å². The number of hydrogen-bond acceptors (Lipinski definition) is 2. The van der Waals surface area contributed by atoms with E-state index in [2.05, 4.69) is 24.4 Å². The van der Waals surface area contributed by atoms with Gasteiger partial charge in [-0.1, -0.05) is 42.3 Å². The van der Waals surface area contributed by atoms with Gasteiger partial charge in [0, 0.05) is 21.9 Å². The van der Waals surface area contributed by atoms with Crippen LogP contribution in [0.3, 0.4) is 0 Å². The van der Waals surface area contributed by atoms with Crippen molar-refractivity contribution in [3.8, 4) is 10.4 Å². The van der Waals surface area contributed by atoms with Gasteiger partial charge in [-0.25, -0.2) is 0 Å². The first-order valence-corrected chi connectivity index (χ1v) is 7.53. The SMILES string of the molecule is CCCNCc1ccc(-c2cccc(Cl)c2Cl)s1. The minimum absolute atomic E-state index is 0.605. The maximum absolute atomic E-state index is 6.22. The van der Waals surface area contributed by atoms with E-state index < -0.39 is 0 Å². The Labute approximate surface area is 122 Å². The molecule has 0 bridgehead atoms. The lowest BCUT2D eigenvalue weighted by molar-refractivity contribution is 0.681. The predicted octanol–water partition coefficient (Wildman–Crippen LogP) is 5.22. The summed E-state index contributed by atoms with van der Waals surface area (Å²) in [5.74, 6) is 0. The Hall–Kier alpha value is -0.540. The van der Waals surface area contributed by atoms with Crippen molar-refractivity contribution in [3.05, 3.63) is 45.3 Å². The summed E-state index contributed by atoms with van der Waals surface area (Å²) in [4.78, 5) is 2.48. The number of nitrogens with one attached hydrogen (secondary N) is 1. The fraction of sp³-hybridized carbons (Fsp3) is 0.286. The van der Waals surface area contributed by atoms with Crippen LogP contribution in [-0.4, -0.2) is 6.54 Å². The summed E-state index contributed by atoms with van der Waals surface area (Å²) in [6.07, 6.45) is 1.15. The van der Waals surface area contributed by atoms with Gasteiger partial charge in [0.25, 0.3) is 0 Å². The second-order valence-corrected chi connectivity index (χ2v) is 6.00. The third-order valence-corrected chi connectivity index (χ3v) is 4.54. The quantitative estimate of drug-likeness (QED) is 0.746. The van der Waals surface area contributed by atoms with Crippen LogP contribution in [0, 0.1) is 0 Å². The molecule has 0 saturated heterocycles.